The molecule has 0 saturated carbocycles. The Bertz CT molecular complexity index is 315. The van der Waals surface area contributed by atoms with Crippen LogP contribution in [0.25, 0.3) is 0 Å². The van der Waals surface area contributed by atoms with Crippen molar-refractivity contribution in [1.29, 1.82) is 0 Å². The summed E-state index contributed by atoms with van der Waals surface area (Å²) in [6, 6.07) is 4.63. The van der Waals surface area contributed by atoms with Gasteiger partial charge in [-0.05, 0) is 18.6 Å². The second kappa shape index (κ2) is 7.36. The Labute approximate surface area is 101 Å². The number of hydrogen-bond acceptors (Lipinski definition) is 3. The SMILES string of the molecule is CCCCCCOOc1ccc(Cl)c(O)c1. The molecule has 0 bridgehead atoms. The molecule has 90 valence electrons. The summed E-state index contributed by atoms with van der Waals surface area (Å²) in [7, 11) is 0. The second-order valence-corrected chi connectivity index (χ2v) is 3.99. The van der Waals surface area contributed by atoms with Crippen LogP contribution >= 0.6 is 11.6 Å². The summed E-state index contributed by atoms with van der Waals surface area (Å²) >= 11 is 5.65. The molecule has 0 aromatic heterocycles. The number of halogens is 1. The summed E-state index contributed by atoms with van der Waals surface area (Å²) in [5.74, 6) is 0.450. The maximum atomic E-state index is 9.31. The van der Waals surface area contributed by atoms with Gasteiger partial charge in [-0.25, -0.2) is 0 Å². The molecule has 3 nitrogen and oxygen atoms in total. The maximum absolute atomic E-state index is 9.31. The molecule has 0 aliphatic carbocycles. The normalized spacial score (nSPS) is 10.4. The molecule has 0 spiro atoms. The van der Waals surface area contributed by atoms with Crippen LogP contribution in [0.15, 0.2) is 18.2 Å². The van der Waals surface area contributed by atoms with Crippen LogP contribution in [0.3, 0.4) is 0 Å². The van der Waals surface area contributed by atoms with E-state index in [4.69, 9.17) is 21.4 Å². The van der Waals surface area contributed by atoms with E-state index in [0.717, 1.165) is 12.8 Å². The van der Waals surface area contributed by atoms with Crippen LogP contribution in [0.1, 0.15) is 32.6 Å². The lowest BCUT2D eigenvalue weighted by atomic mass is 10.2. The maximum Gasteiger partial charge on any atom is 0.169 e. The number of phenolic OH excluding ortho intramolecular Hbond substituents is 1. The highest BCUT2D eigenvalue weighted by Crippen LogP contribution is 2.27. The Balaban J connectivity index is 2.19. The Morgan fingerprint density at radius 2 is 2.06 bits per heavy atom. The minimum atomic E-state index is -0.00579. The van der Waals surface area contributed by atoms with E-state index in [2.05, 4.69) is 6.92 Å². The average molecular weight is 245 g/mol. The van der Waals surface area contributed by atoms with E-state index in [9.17, 15) is 5.11 Å². The zero-order chi connectivity index (χ0) is 11.8. The Kier molecular flexibility index (Phi) is 6.04. The molecule has 4 heteroatoms. The quantitative estimate of drug-likeness (QED) is 0.449. The van der Waals surface area contributed by atoms with Crippen molar-refractivity contribution in [3.8, 4) is 11.5 Å². The highest BCUT2D eigenvalue weighted by atomic mass is 35.5. The molecule has 0 radical (unpaired) electrons. The monoisotopic (exact) mass is 244 g/mol. The summed E-state index contributed by atoms with van der Waals surface area (Å²) in [4.78, 5) is 10.0. The fourth-order valence-corrected chi connectivity index (χ4v) is 1.36. The molecule has 0 aliphatic heterocycles. The van der Waals surface area contributed by atoms with Crippen molar-refractivity contribution in [1.82, 2.24) is 0 Å². The second-order valence-electron chi connectivity index (χ2n) is 3.58. The van der Waals surface area contributed by atoms with Crippen LogP contribution in [0.2, 0.25) is 5.02 Å². The van der Waals surface area contributed by atoms with Gasteiger partial charge in [0.2, 0.25) is 0 Å². The van der Waals surface area contributed by atoms with Crippen molar-refractivity contribution >= 4 is 11.6 Å². The van der Waals surface area contributed by atoms with Gasteiger partial charge in [-0.1, -0.05) is 37.8 Å². The van der Waals surface area contributed by atoms with Gasteiger partial charge in [0.15, 0.2) is 5.75 Å². The zero-order valence-corrected chi connectivity index (χ0v) is 10.2. The Morgan fingerprint density at radius 1 is 1.25 bits per heavy atom. The minimum absolute atomic E-state index is 0.00579. The molecule has 0 fully saturated rings. The lowest BCUT2D eigenvalue weighted by Crippen LogP contribution is -1.99. The number of phenols is 1. The molecule has 0 saturated heterocycles. The third-order valence-corrected chi connectivity index (χ3v) is 2.47. The topological polar surface area (TPSA) is 38.7 Å². The first kappa shape index (κ1) is 13.1. The summed E-state index contributed by atoms with van der Waals surface area (Å²) in [6.45, 7) is 2.72. The lowest BCUT2D eigenvalue weighted by Gasteiger charge is -2.05. The summed E-state index contributed by atoms with van der Waals surface area (Å²) < 4.78 is 0. The van der Waals surface area contributed by atoms with Gasteiger partial charge >= 0.3 is 0 Å². The molecular formula is C12H17ClO3. The van der Waals surface area contributed by atoms with Gasteiger partial charge in [-0.15, -0.1) is 0 Å². The van der Waals surface area contributed by atoms with Gasteiger partial charge in [0.1, 0.15) is 5.75 Å². The minimum Gasteiger partial charge on any atom is -0.506 e. The van der Waals surface area contributed by atoms with Crippen molar-refractivity contribution in [2.24, 2.45) is 0 Å². The predicted molar refractivity (Wildman–Crippen MR) is 63.8 cm³/mol. The van der Waals surface area contributed by atoms with E-state index in [1.54, 1.807) is 12.1 Å². The van der Waals surface area contributed by atoms with Crippen LogP contribution in [0.4, 0.5) is 0 Å². The van der Waals surface area contributed by atoms with Crippen molar-refractivity contribution < 1.29 is 14.9 Å². The van der Waals surface area contributed by atoms with Crippen LogP contribution < -0.4 is 4.89 Å². The molecule has 0 aliphatic rings. The van der Waals surface area contributed by atoms with E-state index >= 15 is 0 Å². The first-order valence-electron chi connectivity index (χ1n) is 5.52. The molecule has 1 aromatic carbocycles. The molecule has 0 heterocycles. The van der Waals surface area contributed by atoms with Crippen LogP contribution in [-0.2, 0) is 4.89 Å². The van der Waals surface area contributed by atoms with E-state index in [1.165, 1.54) is 18.9 Å². The smallest absolute Gasteiger partial charge is 0.169 e. The number of aromatic hydroxyl groups is 1. The lowest BCUT2D eigenvalue weighted by molar-refractivity contribution is -0.207. The fraction of sp³-hybridized carbons (Fsp3) is 0.500. The van der Waals surface area contributed by atoms with Crippen molar-refractivity contribution in [2.75, 3.05) is 6.61 Å². The molecule has 1 aromatic rings. The standard InChI is InChI=1S/C12H17ClO3/c1-2-3-4-5-8-15-16-10-6-7-11(13)12(14)9-10/h6-7,9,14H,2-5,8H2,1H3. The highest BCUT2D eigenvalue weighted by Gasteiger charge is 2.01. The molecule has 1 rings (SSSR count). The van der Waals surface area contributed by atoms with E-state index in [0.29, 0.717) is 17.4 Å². The van der Waals surface area contributed by atoms with Gasteiger partial charge in [0, 0.05) is 6.07 Å². The Hall–Kier alpha value is -0.930. The van der Waals surface area contributed by atoms with Crippen molar-refractivity contribution in [3.05, 3.63) is 23.2 Å². The van der Waals surface area contributed by atoms with Gasteiger partial charge in [-0.3, -0.25) is 0 Å². The number of hydrogen-bond donors (Lipinski definition) is 1. The van der Waals surface area contributed by atoms with Gasteiger partial charge in [-0.2, -0.15) is 4.89 Å². The van der Waals surface area contributed by atoms with Gasteiger partial charge in [0.05, 0.1) is 11.6 Å². The number of rotatable bonds is 7. The molecule has 1 N–H and O–H groups in total. The zero-order valence-electron chi connectivity index (χ0n) is 9.41. The third kappa shape index (κ3) is 4.73. The fourth-order valence-electron chi connectivity index (χ4n) is 1.24. The molecule has 16 heavy (non-hydrogen) atoms. The van der Waals surface area contributed by atoms with Gasteiger partial charge in [0.25, 0.3) is 0 Å². The van der Waals surface area contributed by atoms with Crippen molar-refractivity contribution in [2.45, 2.75) is 32.6 Å². The largest absolute Gasteiger partial charge is 0.506 e. The molecule has 0 unspecified atom stereocenters. The Morgan fingerprint density at radius 3 is 2.75 bits per heavy atom. The summed E-state index contributed by atoms with van der Waals surface area (Å²) in [5, 5.41) is 9.61. The first-order valence-corrected chi connectivity index (χ1v) is 5.90. The van der Waals surface area contributed by atoms with Crippen LogP contribution in [0, 0.1) is 0 Å². The number of benzene rings is 1. The molecule has 0 amide bonds. The first-order chi connectivity index (χ1) is 7.74. The summed E-state index contributed by atoms with van der Waals surface area (Å²) in [5.41, 5.74) is 0. The molecule has 0 atom stereocenters. The number of unbranched alkanes of at least 4 members (excludes halogenated alkanes) is 3. The van der Waals surface area contributed by atoms with E-state index in [-0.39, 0.29) is 5.75 Å². The summed E-state index contributed by atoms with van der Waals surface area (Å²) in [6.07, 6.45) is 4.54. The highest BCUT2D eigenvalue weighted by molar-refractivity contribution is 6.32. The third-order valence-electron chi connectivity index (χ3n) is 2.15. The molecular weight excluding hydrogens is 228 g/mol. The average Bonchev–Trinajstić information content (AvgIpc) is 2.28. The van der Waals surface area contributed by atoms with Crippen LogP contribution in [-0.4, -0.2) is 11.7 Å². The van der Waals surface area contributed by atoms with Gasteiger partial charge < -0.3 is 9.99 Å². The van der Waals surface area contributed by atoms with E-state index in [1.807, 2.05) is 0 Å². The van der Waals surface area contributed by atoms with Crippen molar-refractivity contribution in [3.63, 3.8) is 0 Å². The predicted octanol–water partition coefficient (Wildman–Crippen LogP) is 3.94. The van der Waals surface area contributed by atoms with Crippen LogP contribution in [0.5, 0.6) is 11.5 Å². The van der Waals surface area contributed by atoms with E-state index < -0.39 is 0 Å².